The topological polar surface area (TPSA) is 75.9 Å². The zero-order valence-electron chi connectivity index (χ0n) is 16.5. The van der Waals surface area contributed by atoms with Crippen molar-refractivity contribution in [1.82, 2.24) is 24.8 Å². The fourth-order valence-corrected chi connectivity index (χ4v) is 3.94. The van der Waals surface area contributed by atoms with Gasteiger partial charge in [-0.25, -0.2) is 9.97 Å². The maximum absolute atomic E-state index is 12.6. The van der Waals surface area contributed by atoms with Gasteiger partial charge in [0.2, 0.25) is 11.9 Å². The van der Waals surface area contributed by atoms with Crippen LogP contribution < -0.4 is 10.2 Å². The molecule has 3 aromatic heterocycles. The van der Waals surface area contributed by atoms with Crippen LogP contribution in [0.2, 0.25) is 0 Å². The third kappa shape index (κ3) is 3.74. The molecule has 4 heterocycles. The molecule has 1 aliphatic heterocycles. The third-order valence-electron chi connectivity index (χ3n) is 5.43. The fraction of sp³-hybridized carbons (Fsp3) is 0.217. The van der Waals surface area contributed by atoms with Gasteiger partial charge in [0.05, 0.1) is 5.69 Å². The van der Waals surface area contributed by atoms with Gasteiger partial charge in [0, 0.05) is 55.0 Å². The minimum Gasteiger partial charge on any atom is -0.350 e. The molecular formula is C23H22N6O. The summed E-state index contributed by atoms with van der Waals surface area (Å²) in [7, 11) is 0. The molecule has 1 N–H and O–H groups in total. The number of fused-ring (bicyclic) bond motifs is 1. The van der Waals surface area contributed by atoms with E-state index in [0.717, 1.165) is 35.1 Å². The highest BCUT2D eigenvalue weighted by Crippen LogP contribution is 2.21. The summed E-state index contributed by atoms with van der Waals surface area (Å²) in [6, 6.07) is 16.0. The maximum atomic E-state index is 12.6. The average molecular weight is 398 g/mol. The summed E-state index contributed by atoms with van der Waals surface area (Å²) in [5, 5.41) is 4.30. The molecule has 1 saturated heterocycles. The van der Waals surface area contributed by atoms with Crippen LogP contribution in [-0.4, -0.2) is 44.6 Å². The zero-order valence-corrected chi connectivity index (χ0v) is 16.5. The van der Waals surface area contributed by atoms with Crippen molar-refractivity contribution in [2.45, 2.75) is 19.0 Å². The summed E-state index contributed by atoms with van der Waals surface area (Å²) >= 11 is 0. The molecular weight excluding hydrogens is 376 g/mol. The molecule has 1 aromatic carbocycles. The van der Waals surface area contributed by atoms with Crippen LogP contribution in [0.1, 0.15) is 6.42 Å². The van der Waals surface area contributed by atoms with Gasteiger partial charge in [0.25, 0.3) is 0 Å². The number of carbonyl (C=O) groups excluding carboxylic acids is 1. The Hall–Kier alpha value is -3.74. The molecule has 5 rings (SSSR count). The number of benzene rings is 1. The van der Waals surface area contributed by atoms with Crippen LogP contribution >= 0.6 is 0 Å². The lowest BCUT2D eigenvalue weighted by molar-refractivity contribution is -0.122. The molecule has 0 aliphatic carbocycles. The van der Waals surface area contributed by atoms with Crippen molar-refractivity contribution in [1.29, 1.82) is 0 Å². The number of anilines is 1. The number of amides is 1. The van der Waals surface area contributed by atoms with E-state index in [1.807, 2.05) is 53.2 Å². The number of carbonyl (C=O) groups is 1. The Bertz CT molecular complexity index is 1170. The Morgan fingerprint density at radius 1 is 1.10 bits per heavy atom. The number of hydrogen-bond donors (Lipinski definition) is 1. The second-order valence-electron chi connectivity index (χ2n) is 7.49. The largest absolute Gasteiger partial charge is 0.350 e. The summed E-state index contributed by atoms with van der Waals surface area (Å²) in [5.74, 6) is 0.706. The Morgan fingerprint density at radius 2 is 2.03 bits per heavy atom. The van der Waals surface area contributed by atoms with E-state index >= 15 is 0 Å². The van der Waals surface area contributed by atoms with Gasteiger partial charge in [-0.3, -0.25) is 9.78 Å². The van der Waals surface area contributed by atoms with Crippen LogP contribution in [0, 0.1) is 0 Å². The van der Waals surface area contributed by atoms with Crippen LogP contribution in [-0.2, 0) is 11.3 Å². The van der Waals surface area contributed by atoms with Crippen molar-refractivity contribution >= 4 is 22.8 Å². The van der Waals surface area contributed by atoms with E-state index in [-0.39, 0.29) is 11.9 Å². The van der Waals surface area contributed by atoms with E-state index in [2.05, 4.69) is 26.3 Å². The molecule has 0 spiro atoms. The quantitative estimate of drug-likeness (QED) is 0.559. The number of nitrogens with zero attached hydrogens (tertiary/aromatic N) is 5. The molecule has 7 nitrogen and oxygen atoms in total. The monoisotopic (exact) mass is 398 g/mol. The number of nitrogens with one attached hydrogen (secondary N) is 1. The summed E-state index contributed by atoms with van der Waals surface area (Å²) in [6.45, 7) is 1.83. The van der Waals surface area contributed by atoms with Gasteiger partial charge in [-0.1, -0.05) is 18.2 Å². The van der Waals surface area contributed by atoms with Crippen LogP contribution in [0.4, 0.5) is 5.95 Å². The van der Waals surface area contributed by atoms with Gasteiger partial charge in [-0.2, -0.15) is 0 Å². The number of rotatable bonds is 5. The van der Waals surface area contributed by atoms with Crippen molar-refractivity contribution in [3.63, 3.8) is 0 Å². The predicted octanol–water partition coefficient (Wildman–Crippen LogP) is 2.89. The first kappa shape index (κ1) is 18.3. The first-order valence-electron chi connectivity index (χ1n) is 10.1. The molecule has 1 aliphatic rings. The highest BCUT2D eigenvalue weighted by molar-refractivity contribution is 5.83. The van der Waals surface area contributed by atoms with E-state index in [1.165, 1.54) is 0 Å². The number of aromatic nitrogens is 4. The molecule has 1 amide bonds. The minimum atomic E-state index is 0.0215. The standard InChI is InChI=1S/C23H22N6O/c30-22(16-28-12-8-17-4-1-2-6-21(17)28)26-19-9-13-29(15-19)23-25-11-7-20(27-23)18-5-3-10-24-14-18/h1-8,10-12,14,19H,9,13,15-16H2,(H,26,30). The molecule has 1 atom stereocenters. The minimum absolute atomic E-state index is 0.0215. The van der Waals surface area contributed by atoms with Crippen molar-refractivity contribution < 1.29 is 4.79 Å². The van der Waals surface area contributed by atoms with E-state index in [0.29, 0.717) is 19.0 Å². The Labute approximate surface area is 174 Å². The van der Waals surface area contributed by atoms with Crippen molar-refractivity contribution in [3.05, 3.63) is 73.3 Å². The Balaban J connectivity index is 1.22. The van der Waals surface area contributed by atoms with Gasteiger partial charge in [0.1, 0.15) is 6.54 Å². The summed E-state index contributed by atoms with van der Waals surface area (Å²) in [5.41, 5.74) is 2.88. The fourth-order valence-electron chi connectivity index (χ4n) is 3.94. The first-order chi connectivity index (χ1) is 14.8. The second-order valence-corrected chi connectivity index (χ2v) is 7.49. The molecule has 0 radical (unpaired) electrons. The molecule has 4 aromatic rings. The van der Waals surface area contributed by atoms with Crippen LogP contribution in [0.5, 0.6) is 0 Å². The van der Waals surface area contributed by atoms with Crippen LogP contribution in [0.3, 0.4) is 0 Å². The molecule has 30 heavy (non-hydrogen) atoms. The summed E-state index contributed by atoms with van der Waals surface area (Å²) < 4.78 is 1.98. The number of para-hydroxylation sites is 1. The number of hydrogen-bond acceptors (Lipinski definition) is 5. The summed E-state index contributed by atoms with van der Waals surface area (Å²) in [6.07, 6.45) is 8.15. The van der Waals surface area contributed by atoms with Gasteiger partial charge in [-0.15, -0.1) is 0 Å². The average Bonchev–Trinajstić information content (AvgIpc) is 3.42. The van der Waals surface area contributed by atoms with E-state index in [4.69, 9.17) is 4.98 Å². The Morgan fingerprint density at radius 3 is 2.93 bits per heavy atom. The molecule has 0 bridgehead atoms. The van der Waals surface area contributed by atoms with Crippen LogP contribution in [0.15, 0.2) is 73.3 Å². The van der Waals surface area contributed by atoms with Gasteiger partial charge >= 0.3 is 0 Å². The first-order valence-corrected chi connectivity index (χ1v) is 10.1. The molecule has 1 fully saturated rings. The lowest BCUT2D eigenvalue weighted by Gasteiger charge is -2.17. The maximum Gasteiger partial charge on any atom is 0.240 e. The van der Waals surface area contributed by atoms with E-state index in [1.54, 1.807) is 18.6 Å². The highest BCUT2D eigenvalue weighted by Gasteiger charge is 2.26. The second kappa shape index (κ2) is 7.94. The smallest absolute Gasteiger partial charge is 0.240 e. The van der Waals surface area contributed by atoms with Crippen molar-refractivity contribution in [2.75, 3.05) is 18.0 Å². The Kier molecular flexibility index (Phi) is 4.85. The summed E-state index contributed by atoms with van der Waals surface area (Å²) in [4.78, 5) is 28.0. The number of pyridine rings is 1. The van der Waals surface area contributed by atoms with Crippen molar-refractivity contribution in [2.24, 2.45) is 0 Å². The normalized spacial score (nSPS) is 16.1. The van der Waals surface area contributed by atoms with Crippen molar-refractivity contribution in [3.8, 4) is 11.3 Å². The lowest BCUT2D eigenvalue weighted by atomic mass is 10.2. The van der Waals surface area contributed by atoms with Gasteiger partial charge < -0.3 is 14.8 Å². The third-order valence-corrected chi connectivity index (χ3v) is 5.43. The van der Waals surface area contributed by atoms with Gasteiger partial charge in [-0.05, 0) is 42.1 Å². The van der Waals surface area contributed by atoms with Crippen LogP contribution in [0.25, 0.3) is 22.2 Å². The molecule has 150 valence electrons. The van der Waals surface area contributed by atoms with E-state index in [9.17, 15) is 4.79 Å². The zero-order chi connectivity index (χ0) is 20.3. The molecule has 1 unspecified atom stereocenters. The highest BCUT2D eigenvalue weighted by atomic mass is 16.2. The van der Waals surface area contributed by atoms with E-state index < -0.39 is 0 Å². The van der Waals surface area contributed by atoms with Gasteiger partial charge in [0.15, 0.2) is 0 Å². The lowest BCUT2D eigenvalue weighted by Crippen LogP contribution is -2.39. The predicted molar refractivity (Wildman–Crippen MR) is 116 cm³/mol. The molecule has 7 heteroatoms. The molecule has 0 saturated carbocycles. The SMILES string of the molecule is O=C(Cn1ccc2ccccc21)NC1CCN(c2nccc(-c3cccnc3)n2)C1.